The minimum Gasteiger partial charge on any atom is -0.507 e. The van der Waals surface area contributed by atoms with E-state index in [9.17, 15) is 24.9 Å². The fraction of sp³-hybridized carbons (Fsp3) is 0.733. The number of ether oxygens (including phenoxy) is 3. The highest BCUT2D eigenvalue weighted by molar-refractivity contribution is 6.06. The lowest BCUT2D eigenvalue weighted by molar-refractivity contribution is -0.227. The first-order valence-electron chi connectivity index (χ1n) is 13.9. The molecule has 0 aromatic heterocycles. The molecule has 1 aromatic rings. The lowest BCUT2D eigenvalue weighted by Gasteiger charge is -2.59. The number of carbonyl (C=O) groups is 2. The number of aromatic hydroxyl groups is 2. The van der Waals surface area contributed by atoms with E-state index in [1.807, 2.05) is 34.6 Å². The van der Waals surface area contributed by atoms with Gasteiger partial charge in [-0.3, -0.25) is 9.59 Å². The average Bonchev–Trinajstić information content (AvgIpc) is 2.81. The molecule has 1 aliphatic carbocycles. The Hall–Kier alpha value is -2.32. The van der Waals surface area contributed by atoms with Crippen molar-refractivity contribution in [3.63, 3.8) is 0 Å². The lowest BCUT2D eigenvalue weighted by atomic mass is 9.53. The zero-order valence-electron chi connectivity index (χ0n) is 24.0. The average molecular weight is 533 g/mol. The van der Waals surface area contributed by atoms with Crippen LogP contribution in [-0.4, -0.2) is 56.6 Å². The molecule has 3 aliphatic rings. The summed E-state index contributed by atoms with van der Waals surface area (Å²) in [5.41, 5.74) is -2.10. The van der Waals surface area contributed by atoms with E-state index in [0.717, 1.165) is 6.42 Å². The number of phenolic OH excluding ortho intramolecular Hbond substituents is 2. The number of hydrogen-bond donors (Lipinski definition) is 3. The van der Waals surface area contributed by atoms with Gasteiger partial charge in [0, 0.05) is 23.8 Å². The summed E-state index contributed by atoms with van der Waals surface area (Å²) in [6, 6.07) is 1.41. The quantitative estimate of drug-likeness (QED) is 0.335. The number of ketones is 1. The largest absolute Gasteiger partial charge is 0.507 e. The third-order valence-electron chi connectivity index (χ3n) is 9.57. The molecule has 0 amide bonds. The van der Waals surface area contributed by atoms with Crippen LogP contribution < -0.4 is 4.74 Å². The van der Waals surface area contributed by atoms with E-state index < -0.39 is 40.5 Å². The first kappa shape index (κ1) is 28.7. The van der Waals surface area contributed by atoms with Gasteiger partial charge >= 0.3 is 5.97 Å². The fourth-order valence-corrected chi connectivity index (χ4v) is 7.25. The number of esters is 1. The molecule has 212 valence electrons. The molecule has 4 rings (SSSR count). The van der Waals surface area contributed by atoms with Crippen LogP contribution in [0, 0.1) is 17.3 Å². The summed E-state index contributed by atoms with van der Waals surface area (Å²) in [6.07, 6.45) is 2.09. The predicted octanol–water partition coefficient (Wildman–Crippen LogP) is 5.25. The van der Waals surface area contributed by atoms with Gasteiger partial charge in [-0.15, -0.1) is 0 Å². The number of benzene rings is 1. The molecule has 1 saturated carbocycles. The molecule has 0 radical (unpaired) electrons. The van der Waals surface area contributed by atoms with Crippen molar-refractivity contribution in [3.05, 3.63) is 17.2 Å². The van der Waals surface area contributed by atoms with Gasteiger partial charge in [-0.25, -0.2) is 0 Å². The molecule has 8 heteroatoms. The summed E-state index contributed by atoms with van der Waals surface area (Å²) in [4.78, 5) is 26.0. The van der Waals surface area contributed by atoms with Gasteiger partial charge in [0.2, 0.25) is 0 Å². The highest BCUT2D eigenvalue weighted by Gasteiger charge is 2.63. The minimum atomic E-state index is -0.988. The third-order valence-corrected chi connectivity index (χ3v) is 9.57. The van der Waals surface area contributed by atoms with Crippen LogP contribution in [0.4, 0.5) is 0 Å². The maximum Gasteiger partial charge on any atom is 0.302 e. The van der Waals surface area contributed by atoms with Gasteiger partial charge in [-0.05, 0) is 58.4 Å². The summed E-state index contributed by atoms with van der Waals surface area (Å²) in [6.45, 7) is 14.6. The molecule has 3 N–H and O–H groups in total. The molecule has 1 saturated heterocycles. The van der Waals surface area contributed by atoms with Crippen molar-refractivity contribution in [1.82, 2.24) is 0 Å². The summed E-state index contributed by atoms with van der Waals surface area (Å²) in [5.74, 6) is -2.18. The number of hydrogen-bond acceptors (Lipinski definition) is 8. The molecule has 0 bridgehead atoms. The lowest BCUT2D eigenvalue weighted by Crippen LogP contribution is -2.65. The molecule has 0 unspecified atom stereocenters. The summed E-state index contributed by atoms with van der Waals surface area (Å²) >= 11 is 0. The topological polar surface area (TPSA) is 123 Å². The van der Waals surface area contributed by atoms with Crippen molar-refractivity contribution in [1.29, 1.82) is 0 Å². The van der Waals surface area contributed by atoms with Gasteiger partial charge in [0.25, 0.3) is 0 Å². The Bertz CT molecular complexity index is 1110. The SMILES string of the molecule is CC[C@@H](C)[C@@H](OC(C)=O)[C@@H](C)c1cc(O)c2c(c1O)O[C@]1(C)CC[C@H]3O[C@@H](C(C)(C)O)CC[C@]3(C)[C@H]1C2=O. The van der Waals surface area contributed by atoms with E-state index in [-0.39, 0.29) is 46.7 Å². The zero-order chi connectivity index (χ0) is 28.4. The maximum absolute atomic E-state index is 14.2. The van der Waals surface area contributed by atoms with Crippen molar-refractivity contribution >= 4 is 11.8 Å². The van der Waals surface area contributed by atoms with Gasteiger partial charge in [-0.1, -0.05) is 34.1 Å². The number of Topliss-reactive ketones (excluding diaryl/α,β-unsaturated/α-hetero) is 1. The summed E-state index contributed by atoms with van der Waals surface area (Å²) in [5, 5.41) is 33.1. The van der Waals surface area contributed by atoms with Crippen molar-refractivity contribution in [3.8, 4) is 17.2 Å². The van der Waals surface area contributed by atoms with E-state index in [0.29, 0.717) is 31.2 Å². The van der Waals surface area contributed by atoms with Gasteiger partial charge in [-0.2, -0.15) is 0 Å². The Morgan fingerprint density at radius 3 is 2.45 bits per heavy atom. The van der Waals surface area contributed by atoms with Crippen LogP contribution in [0.2, 0.25) is 0 Å². The van der Waals surface area contributed by atoms with E-state index in [1.54, 1.807) is 13.8 Å². The third kappa shape index (κ3) is 4.57. The van der Waals surface area contributed by atoms with Gasteiger partial charge in [0.1, 0.15) is 23.0 Å². The minimum absolute atomic E-state index is 0.00479. The first-order valence-corrected chi connectivity index (χ1v) is 13.9. The van der Waals surface area contributed by atoms with Crippen LogP contribution in [0.15, 0.2) is 6.07 Å². The number of carbonyl (C=O) groups excluding carboxylic acids is 2. The number of fused-ring (bicyclic) bond motifs is 4. The van der Waals surface area contributed by atoms with Gasteiger partial charge in [0.15, 0.2) is 17.3 Å². The molecule has 38 heavy (non-hydrogen) atoms. The maximum atomic E-state index is 14.2. The molecule has 8 nitrogen and oxygen atoms in total. The molecule has 2 fully saturated rings. The van der Waals surface area contributed by atoms with Crippen molar-refractivity contribution in [2.24, 2.45) is 17.3 Å². The van der Waals surface area contributed by atoms with Crippen molar-refractivity contribution in [2.45, 2.75) is 123 Å². The Balaban J connectivity index is 1.75. The van der Waals surface area contributed by atoms with Crippen molar-refractivity contribution < 1.29 is 39.1 Å². The Kier molecular flexibility index (Phi) is 7.32. The molecule has 1 aromatic carbocycles. The number of phenols is 2. The highest BCUT2D eigenvalue weighted by atomic mass is 16.5. The smallest absolute Gasteiger partial charge is 0.302 e. The van der Waals surface area contributed by atoms with Crippen molar-refractivity contribution in [2.75, 3.05) is 0 Å². The van der Waals surface area contributed by atoms with Gasteiger partial charge in [0.05, 0.1) is 23.7 Å². The Morgan fingerprint density at radius 2 is 1.87 bits per heavy atom. The summed E-state index contributed by atoms with van der Waals surface area (Å²) in [7, 11) is 0. The molecule has 2 heterocycles. The normalized spacial score (nSPS) is 33.2. The number of aliphatic hydroxyl groups is 1. The monoisotopic (exact) mass is 532 g/mol. The first-order chi connectivity index (χ1) is 17.5. The van der Waals surface area contributed by atoms with Crippen LogP contribution in [0.3, 0.4) is 0 Å². The molecule has 0 spiro atoms. The van der Waals surface area contributed by atoms with Crippen LogP contribution >= 0.6 is 0 Å². The van der Waals surface area contributed by atoms with Crippen LogP contribution in [0.25, 0.3) is 0 Å². The molecule has 2 aliphatic heterocycles. The second-order valence-electron chi connectivity index (χ2n) is 12.8. The van der Waals surface area contributed by atoms with Crippen LogP contribution in [0.1, 0.15) is 109 Å². The summed E-state index contributed by atoms with van der Waals surface area (Å²) < 4.78 is 18.5. The molecular formula is C30H44O8. The predicted molar refractivity (Wildman–Crippen MR) is 142 cm³/mol. The Morgan fingerprint density at radius 1 is 1.21 bits per heavy atom. The Labute approximate surface area is 225 Å². The zero-order valence-corrected chi connectivity index (χ0v) is 24.0. The fourth-order valence-electron chi connectivity index (χ4n) is 7.25. The standard InChI is InChI=1S/C30H44O8/c1-9-15(2)25(36-17(4)31)16(3)18-14-19(32)22-24(34)27-29(7)12-10-20(28(5,6)35)37-21(29)11-13-30(27,8)38-26(22)23(18)33/h14-16,20-21,25,27,32-33,35H,9-13H2,1-8H3/t15-,16+,20-,21-,25-,27-,29+,30-/m1/s1. The van der Waals surface area contributed by atoms with Gasteiger partial charge < -0.3 is 29.5 Å². The van der Waals surface area contributed by atoms with E-state index in [2.05, 4.69) is 0 Å². The second-order valence-corrected chi connectivity index (χ2v) is 12.8. The second kappa shape index (κ2) is 9.70. The van der Waals surface area contributed by atoms with Crippen LogP contribution in [-0.2, 0) is 14.3 Å². The molecular weight excluding hydrogens is 488 g/mol. The van der Waals surface area contributed by atoms with E-state index in [1.165, 1.54) is 13.0 Å². The van der Waals surface area contributed by atoms with E-state index >= 15 is 0 Å². The molecule has 8 atom stereocenters. The van der Waals surface area contributed by atoms with Crippen LogP contribution in [0.5, 0.6) is 17.2 Å². The number of rotatable bonds is 6. The highest BCUT2D eigenvalue weighted by Crippen LogP contribution is 2.60. The van der Waals surface area contributed by atoms with E-state index in [4.69, 9.17) is 14.2 Å².